The molecule has 0 atom stereocenters. The highest BCUT2D eigenvalue weighted by Crippen LogP contribution is 2.54. The molecular formula is C42H27N3O. The van der Waals surface area contributed by atoms with Crippen molar-refractivity contribution in [2.45, 2.75) is 19.3 Å². The van der Waals surface area contributed by atoms with Crippen molar-refractivity contribution in [3.8, 4) is 6.07 Å². The first-order valence-electron chi connectivity index (χ1n) is 15.2. The number of carbonyl (C=O) groups excluding carboxylic acids is 1. The predicted molar refractivity (Wildman–Crippen MR) is 186 cm³/mol. The highest BCUT2D eigenvalue weighted by Gasteiger charge is 2.38. The summed E-state index contributed by atoms with van der Waals surface area (Å²) in [5, 5.41) is 14.4. The number of para-hydroxylation sites is 1. The summed E-state index contributed by atoms with van der Waals surface area (Å²) in [6, 6.07) is 43.5. The van der Waals surface area contributed by atoms with Crippen molar-refractivity contribution >= 4 is 56.0 Å². The molecule has 0 N–H and O–H groups in total. The first-order chi connectivity index (χ1) is 22.4. The Labute approximate surface area is 267 Å². The van der Waals surface area contributed by atoms with Crippen molar-refractivity contribution in [3.63, 3.8) is 0 Å². The summed E-state index contributed by atoms with van der Waals surface area (Å²) in [5.41, 5.74) is 8.30. The molecule has 0 fully saturated rings. The standard InChI is InChI=1S/C42H27N3O/c1-42(2)35-23-27-11-7-8-12-28(27)24-38(35)45(30-13-5-4-6-14-30)37-20-18-29-21-26(17-19-31(29)40(37)42)22-34-39(36(25-43)44-3)32-15-9-10-16-33(32)41(34)46/h4-24H,1-2H3/b34-22-,39-36-. The molecule has 6 aromatic rings. The molecule has 1 aliphatic carbocycles. The number of carbonyl (C=O) groups is 1. The third-order valence-electron chi connectivity index (χ3n) is 9.40. The van der Waals surface area contributed by atoms with Crippen molar-refractivity contribution in [1.82, 2.24) is 0 Å². The predicted octanol–water partition coefficient (Wildman–Crippen LogP) is 10.5. The second-order valence-electron chi connectivity index (χ2n) is 12.3. The van der Waals surface area contributed by atoms with Crippen LogP contribution in [0.2, 0.25) is 0 Å². The first kappa shape index (κ1) is 27.3. The van der Waals surface area contributed by atoms with Gasteiger partial charge in [-0.3, -0.25) is 4.79 Å². The monoisotopic (exact) mass is 589 g/mol. The third-order valence-corrected chi connectivity index (χ3v) is 9.40. The maximum atomic E-state index is 13.5. The highest BCUT2D eigenvalue weighted by molar-refractivity contribution is 6.29. The summed E-state index contributed by atoms with van der Waals surface area (Å²) < 4.78 is 0. The van der Waals surface area contributed by atoms with Crippen LogP contribution in [-0.2, 0) is 5.41 Å². The van der Waals surface area contributed by atoms with Crippen molar-refractivity contribution < 1.29 is 4.79 Å². The van der Waals surface area contributed by atoms with Crippen LogP contribution < -0.4 is 4.90 Å². The number of Topliss-reactive ketones (excluding diaryl/α,β-unsaturated/α-hetero) is 1. The van der Waals surface area contributed by atoms with E-state index in [-0.39, 0.29) is 16.9 Å². The molecule has 1 heterocycles. The molecule has 1 aliphatic heterocycles. The van der Waals surface area contributed by atoms with Gasteiger partial charge in [0.25, 0.3) is 5.70 Å². The smallest absolute Gasteiger partial charge is 0.270 e. The van der Waals surface area contributed by atoms with E-state index < -0.39 is 0 Å². The van der Waals surface area contributed by atoms with Crippen LogP contribution in [0.1, 0.15) is 46.5 Å². The number of ketones is 1. The van der Waals surface area contributed by atoms with Crippen LogP contribution in [0, 0.1) is 17.9 Å². The second kappa shape index (κ2) is 10.2. The lowest BCUT2D eigenvalue weighted by Gasteiger charge is -2.43. The molecule has 216 valence electrons. The quantitative estimate of drug-likeness (QED) is 0.115. The maximum Gasteiger partial charge on any atom is 0.270 e. The Hall–Kier alpha value is -6.23. The molecular weight excluding hydrogens is 562 g/mol. The zero-order chi connectivity index (χ0) is 31.6. The van der Waals surface area contributed by atoms with Gasteiger partial charge >= 0.3 is 0 Å². The van der Waals surface area contributed by atoms with E-state index in [2.05, 4.69) is 109 Å². The number of fused-ring (bicyclic) bond motifs is 6. The molecule has 46 heavy (non-hydrogen) atoms. The van der Waals surface area contributed by atoms with Gasteiger partial charge in [0, 0.05) is 27.8 Å². The van der Waals surface area contributed by atoms with Crippen LogP contribution in [0.4, 0.5) is 17.1 Å². The average Bonchev–Trinajstić information content (AvgIpc) is 3.35. The van der Waals surface area contributed by atoms with Gasteiger partial charge in [0.1, 0.15) is 0 Å². The van der Waals surface area contributed by atoms with Crippen molar-refractivity contribution in [3.05, 3.63) is 172 Å². The van der Waals surface area contributed by atoms with Crippen LogP contribution in [0.25, 0.3) is 38.0 Å². The van der Waals surface area contributed by atoms with E-state index in [1.165, 1.54) is 27.6 Å². The van der Waals surface area contributed by atoms with Gasteiger partial charge in [0.2, 0.25) is 0 Å². The Morgan fingerprint density at radius 1 is 0.783 bits per heavy atom. The summed E-state index contributed by atoms with van der Waals surface area (Å²) >= 11 is 0. The highest BCUT2D eigenvalue weighted by atomic mass is 16.1. The molecule has 0 bridgehead atoms. The minimum Gasteiger partial charge on any atom is -0.310 e. The molecule has 0 saturated carbocycles. The van der Waals surface area contributed by atoms with E-state index in [4.69, 9.17) is 6.57 Å². The number of hydrogen-bond acceptors (Lipinski definition) is 3. The normalized spacial score (nSPS) is 16.5. The lowest BCUT2D eigenvalue weighted by molar-refractivity contribution is 0.104. The van der Waals surface area contributed by atoms with Crippen molar-refractivity contribution in [2.24, 2.45) is 0 Å². The largest absolute Gasteiger partial charge is 0.310 e. The summed E-state index contributed by atoms with van der Waals surface area (Å²) in [6.07, 6.45) is 1.82. The summed E-state index contributed by atoms with van der Waals surface area (Å²) in [5.74, 6) is -0.170. The number of allylic oxidation sites excluding steroid dienone is 3. The SMILES string of the molecule is [C-]#[N+]/C(C#N)=C1\C(=C\c2ccc3c4c(ccc3c2)N(c2ccccc2)c2cc3ccccc3cc2C4(C)C)C(=O)c2ccccc21. The Bertz CT molecular complexity index is 2420. The van der Waals surface area contributed by atoms with E-state index in [0.717, 1.165) is 27.7 Å². The van der Waals surface area contributed by atoms with Gasteiger partial charge in [-0.15, -0.1) is 0 Å². The van der Waals surface area contributed by atoms with Crippen molar-refractivity contribution in [1.29, 1.82) is 5.26 Å². The van der Waals surface area contributed by atoms with E-state index in [1.807, 2.05) is 36.4 Å². The maximum absolute atomic E-state index is 13.5. The Morgan fingerprint density at radius 2 is 1.48 bits per heavy atom. The fourth-order valence-corrected chi connectivity index (χ4v) is 7.30. The topological polar surface area (TPSA) is 48.5 Å². The van der Waals surface area contributed by atoms with Crippen molar-refractivity contribution in [2.75, 3.05) is 4.90 Å². The number of hydrogen-bond donors (Lipinski definition) is 0. The van der Waals surface area contributed by atoms with Gasteiger partial charge in [0.05, 0.1) is 24.0 Å². The molecule has 4 nitrogen and oxygen atoms in total. The summed E-state index contributed by atoms with van der Waals surface area (Å²) in [4.78, 5) is 19.4. The zero-order valence-corrected chi connectivity index (χ0v) is 25.4. The number of benzene rings is 6. The number of rotatable bonds is 2. The number of nitriles is 1. The molecule has 0 radical (unpaired) electrons. The molecule has 0 unspecified atom stereocenters. The number of anilines is 3. The molecule has 6 aromatic carbocycles. The zero-order valence-electron chi connectivity index (χ0n) is 25.4. The Balaban J connectivity index is 1.34. The van der Waals surface area contributed by atoms with Crippen LogP contribution in [0.15, 0.2) is 133 Å². The fraction of sp³-hybridized carbons (Fsp3) is 0.0714. The van der Waals surface area contributed by atoms with Gasteiger partial charge in [-0.2, -0.15) is 0 Å². The molecule has 0 saturated heterocycles. The van der Waals surface area contributed by atoms with E-state index in [0.29, 0.717) is 22.3 Å². The minimum atomic E-state index is -0.310. The van der Waals surface area contributed by atoms with E-state index in [1.54, 1.807) is 12.1 Å². The van der Waals surface area contributed by atoms with E-state index in [9.17, 15) is 10.1 Å². The number of nitrogens with zero attached hydrogens (tertiary/aromatic N) is 3. The first-order valence-corrected chi connectivity index (χ1v) is 15.2. The Morgan fingerprint density at radius 3 is 2.22 bits per heavy atom. The molecule has 0 amide bonds. The van der Waals surface area contributed by atoms with Gasteiger partial charge < -0.3 is 4.90 Å². The average molecular weight is 590 g/mol. The third kappa shape index (κ3) is 3.95. The van der Waals surface area contributed by atoms with Crippen LogP contribution in [0.5, 0.6) is 0 Å². The van der Waals surface area contributed by atoms with Crippen LogP contribution in [-0.4, -0.2) is 5.78 Å². The molecule has 4 heteroatoms. The molecule has 0 spiro atoms. The fourth-order valence-electron chi connectivity index (χ4n) is 7.30. The molecule has 0 aromatic heterocycles. The molecule has 8 rings (SSSR count). The van der Waals surface area contributed by atoms with Gasteiger partial charge in [-0.05, 0) is 86.3 Å². The van der Waals surface area contributed by atoms with Gasteiger partial charge in [-0.1, -0.05) is 98.8 Å². The molecule has 2 aliphatic rings. The minimum absolute atomic E-state index is 0.0756. The van der Waals surface area contributed by atoms with E-state index >= 15 is 0 Å². The summed E-state index contributed by atoms with van der Waals surface area (Å²) in [7, 11) is 0. The second-order valence-corrected chi connectivity index (χ2v) is 12.3. The van der Waals surface area contributed by atoms with Gasteiger partial charge in [-0.25, -0.2) is 10.1 Å². The van der Waals surface area contributed by atoms with Crippen LogP contribution in [0.3, 0.4) is 0 Å². The van der Waals surface area contributed by atoms with Crippen LogP contribution >= 0.6 is 0 Å². The lowest BCUT2D eigenvalue weighted by atomic mass is 9.71. The Kier molecular flexibility index (Phi) is 6.04. The van der Waals surface area contributed by atoms with Gasteiger partial charge in [0.15, 0.2) is 5.78 Å². The lowest BCUT2D eigenvalue weighted by Crippen LogP contribution is -2.31. The summed E-state index contributed by atoms with van der Waals surface area (Å²) in [6.45, 7) is 12.2.